The van der Waals surface area contributed by atoms with Crippen LogP contribution in [0.4, 0.5) is 0 Å². The van der Waals surface area contributed by atoms with Crippen LogP contribution < -0.4 is 11.1 Å². The highest BCUT2D eigenvalue weighted by molar-refractivity contribution is 6.35. The maximum atomic E-state index is 9.67. The highest BCUT2D eigenvalue weighted by atomic mass is 35.5. The fraction of sp³-hybridized carbons (Fsp3) is 0.455. The lowest BCUT2D eigenvalue weighted by Gasteiger charge is -2.08. The average molecular weight is 263 g/mol. The lowest BCUT2D eigenvalue weighted by molar-refractivity contribution is 0.464. The molecule has 0 atom stereocenters. The molecule has 1 rings (SSSR count). The molecule has 4 N–H and O–H groups in total. The van der Waals surface area contributed by atoms with Gasteiger partial charge in [0.2, 0.25) is 0 Å². The first-order valence-corrected chi connectivity index (χ1v) is 5.98. The number of unbranched alkanes of at least 4 members (excludes halogenated alkanes) is 1. The summed E-state index contributed by atoms with van der Waals surface area (Å²) in [7, 11) is 0. The van der Waals surface area contributed by atoms with E-state index in [1.807, 2.05) is 0 Å². The van der Waals surface area contributed by atoms with Crippen LogP contribution in [0.15, 0.2) is 12.1 Å². The number of nitrogens with two attached hydrogens (primary N) is 1. The van der Waals surface area contributed by atoms with Crippen LogP contribution in [0.1, 0.15) is 18.4 Å². The van der Waals surface area contributed by atoms with Crippen molar-refractivity contribution < 1.29 is 5.11 Å². The number of aromatic hydroxyl groups is 1. The van der Waals surface area contributed by atoms with Crippen molar-refractivity contribution in [2.24, 2.45) is 5.73 Å². The van der Waals surface area contributed by atoms with Gasteiger partial charge in [0.15, 0.2) is 0 Å². The molecule has 3 nitrogen and oxygen atoms in total. The minimum atomic E-state index is 0.0948. The van der Waals surface area contributed by atoms with E-state index in [4.69, 9.17) is 28.9 Å². The summed E-state index contributed by atoms with van der Waals surface area (Å²) >= 11 is 11.6. The third kappa shape index (κ3) is 4.18. The van der Waals surface area contributed by atoms with E-state index in [9.17, 15) is 5.11 Å². The van der Waals surface area contributed by atoms with Crippen LogP contribution in [0, 0.1) is 0 Å². The summed E-state index contributed by atoms with van der Waals surface area (Å²) in [5.41, 5.74) is 6.10. The van der Waals surface area contributed by atoms with Gasteiger partial charge in [-0.3, -0.25) is 0 Å². The van der Waals surface area contributed by atoms with Gasteiger partial charge in [0, 0.05) is 17.1 Å². The van der Waals surface area contributed by atoms with Crippen LogP contribution in [-0.4, -0.2) is 18.2 Å². The molecule has 0 aromatic heterocycles. The van der Waals surface area contributed by atoms with Gasteiger partial charge >= 0.3 is 0 Å². The molecule has 0 radical (unpaired) electrons. The first kappa shape index (κ1) is 13.6. The second-order valence-electron chi connectivity index (χ2n) is 3.57. The summed E-state index contributed by atoms with van der Waals surface area (Å²) in [6, 6.07) is 3.23. The first-order chi connectivity index (χ1) is 7.65. The zero-order valence-corrected chi connectivity index (χ0v) is 10.5. The molecule has 0 unspecified atom stereocenters. The largest absolute Gasteiger partial charge is 0.506 e. The number of nitrogens with one attached hydrogen (secondary N) is 1. The van der Waals surface area contributed by atoms with Gasteiger partial charge in [-0.15, -0.1) is 0 Å². The maximum Gasteiger partial charge on any atom is 0.138 e. The van der Waals surface area contributed by atoms with Crippen molar-refractivity contribution in [3.05, 3.63) is 27.7 Å². The van der Waals surface area contributed by atoms with Crippen LogP contribution in [0.5, 0.6) is 5.75 Å². The van der Waals surface area contributed by atoms with E-state index in [2.05, 4.69) is 5.32 Å². The number of phenols is 1. The Labute approximate surface area is 106 Å². The molecule has 0 amide bonds. The second-order valence-corrected chi connectivity index (χ2v) is 4.41. The number of halogens is 2. The molecular weight excluding hydrogens is 247 g/mol. The molecular formula is C11H16Cl2N2O. The topological polar surface area (TPSA) is 58.3 Å². The SMILES string of the molecule is NCCCCNCc1cc(Cl)cc(Cl)c1O. The van der Waals surface area contributed by atoms with E-state index in [-0.39, 0.29) is 10.8 Å². The zero-order chi connectivity index (χ0) is 12.0. The highest BCUT2D eigenvalue weighted by Crippen LogP contribution is 2.30. The Morgan fingerprint density at radius 1 is 1.25 bits per heavy atom. The van der Waals surface area contributed by atoms with Crippen LogP contribution in [0.2, 0.25) is 10.0 Å². The smallest absolute Gasteiger partial charge is 0.138 e. The Kier molecular flexibility index (Phi) is 5.91. The fourth-order valence-corrected chi connectivity index (χ4v) is 1.91. The predicted molar refractivity (Wildman–Crippen MR) is 68.1 cm³/mol. The van der Waals surface area contributed by atoms with Crippen LogP contribution in [0.3, 0.4) is 0 Å². The van der Waals surface area contributed by atoms with Crippen molar-refractivity contribution in [3.8, 4) is 5.75 Å². The van der Waals surface area contributed by atoms with Crippen LogP contribution in [0.25, 0.3) is 0 Å². The van der Waals surface area contributed by atoms with Gasteiger partial charge in [0.25, 0.3) is 0 Å². The van der Waals surface area contributed by atoms with Crippen molar-refractivity contribution in [1.82, 2.24) is 5.32 Å². The molecule has 90 valence electrons. The Bertz CT molecular complexity index is 345. The van der Waals surface area contributed by atoms with Gasteiger partial charge in [0.1, 0.15) is 5.75 Å². The Hall–Kier alpha value is -0.480. The molecule has 0 aliphatic carbocycles. The second kappa shape index (κ2) is 6.97. The van der Waals surface area contributed by atoms with Crippen molar-refractivity contribution in [3.63, 3.8) is 0 Å². The third-order valence-electron chi connectivity index (χ3n) is 2.23. The van der Waals surface area contributed by atoms with Crippen molar-refractivity contribution in [2.45, 2.75) is 19.4 Å². The minimum absolute atomic E-state index is 0.0948. The van der Waals surface area contributed by atoms with Gasteiger partial charge in [-0.05, 0) is 38.1 Å². The molecule has 0 aliphatic heterocycles. The van der Waals surface area contributed by atoms with Gasteiger partial charge in [0.05, 0.1) is 5.02 Å². The molecule has 1 aromatic rings. The van der Waals surface area contributed by atoms with Crippen LogP contribution in [-0.2, 0) is 6.54 Å². The summed E-state index contributed by atoms with van der Waals surface area (Å²) in [4.78, 5) is 0. The summed E-state index contributed by atoms with van der Waals surface area (Å²) in [5.74, 6) is 0.0948. The normalized spacial score (nSPS) is 10.7. The molecule has 0 bridgehead atoms. The van der Waals surface area contributed by atoms with E-state index >= 15 is 0 Å². The predicted octanol–water partition coefficient (Wildman–Crippen LogP) is 2.53. The van der Waals surface area contributed by atoms with Crippen LogP contribution >= 0.6 is 23.2 Å². The van der Waals surface area contributed by atoms with E-state index in [1.54, 1.807) is 6.07 Å². The average Bonchev–Trinajstić information content (AvgIpc) is 2.24. The highest BCUT2D eigenvalue weighted by Gasteiger charge is 2.07. The Balaban J connectivity index is 2.47. The number of hydrogen-bond acceptors (Lipinski definition) is 3. The molecule has 16 heavy (non-hydrogen) atoms. The van der Waals surface area contributed by atoms with Gasteiger partial charge < -0.3 is 16.2 Å². The number of rotatable bonds is 6. The van der Waals surface area contributed by atoms with Gasteiger partial charge in [-0.1, -0.05) is 23.2 Å². The summed E-state index contributed by atoms with van der Waals surface area (Å²) < 4.78 is 0. The number of hydrogen-bond donors (Lipinski definition) is 3. The lowest BCUT2D eigenvalue weighted by Crippen LogP contribution is -2.16. The van der Waals surface area contributed by atoms with E-state index in [0.29, 0.717) is 23.7 Å². The van der Waals surface area contributed by atoms with E-state index < -0.39 is 0 Å². The Morgan fingerprint density at radius 3 is 2.69 bits per heavy atom. The molecule has 0 heterocycles. The molecule has 0 spiro atoms. The first-order valence-electron chi connectivity index (χ1n) is 5.23. The van der Waals surface area contributed by atoms with Crippen molar-refractivity contribution in [2.75, 3.05) is 13.1 Å². The standard InChI is InChI=1S/C11H16Cl2N2O/c12-9-5-8(11(16)10(13)6-9)7-15-4-2-1-3-14/h5-6,15-16H,1-4,7,14H2. The Morgan fingerprint density at radius 2 is 2.00 bits per heavy atom. The van der Waals surface area contributed by atoms with Gasteiger partial charge in [-0.2, -0.15) is 0 Å². The molecule has 5 heteroatoms. The number of benzene rings is 1. The maximum absolute atomic E-state index is 9.67. The molecule has 0 aliphatic rings. The van der Waals surface area contributed by atoms with E-state index in [0.717, 1.165) is 19.4 Å². The molecule has 0 saturated carbocycles. The quantitative estimate of drug-likeness (QED) is 0.691. The summed E-state index contributed by atoms with van der Waals surface area (Å²) in [6.07, 6.45) is 2.01. The van der Waals surface area contributed by atoms with Crippen molar-refractivity contribution in [1.29, 1.82) is 0 Å². The van der Waals surface area contributed by atoms with E-state index in [1.165, 1.54) is 6.07 Å². The lowest BCUT2D eigenvalue weighted by atomic mass is 10.2. The minimum Gasteiger partial charge on any atom is -0.506 e. The fourth-order valence-electron chi connectivity index (χ4n) is 1.37. The third-order valence-corrected chi connectivity index (χ3v) is 2.74. The number of phenolic OH excluding ortho intramolecular Hbond substituents is 1. The monoisotopic (exact) mass is 262 g/mol. The van der Waals surface area contributed by atoms with Gasteiger partial charge in [-0.25, -0.2) is 0 Å². The zero-order valence-electron chi connectivity index (χ0n) is 8.97. The van der Waals surface area contributed by atoms with Crippen molar-refractivity contribution >= 4 is 23.2 Å². The summed E-state index contributed by atoms with van der Waals surface area (Å²) in [5, 5.41) is 13.7. The summed E-state index contributed by atoms with van der Waals surface area (Å²) in [6.45, 7) is 2.12. The molecule has 0 saturated heterocycles. The molecule has 0 fully saturated rings. The molecule has 1 aromatic carbocycles.